The normalized spacial score (nSPS) is 16.0. The lowest BCUT2D eigenvalue weighted by atomic mass is 10.1. The molecule has 1 atom stereocenters. The van der Waals surface area contributed by atoms with Crippen molar-refractivity contribution >= 4 is 51.0 Å². The number of ether oxygens (including phenoxy) is 2. The van der Waals surface area contributed by atoms with Crippen molar-refractivity contribution in [1.29, 1.82) is 0 Å². The molecule has 0 aromatic heterocycles. The number of hydrogen-bond donors (Lipinski definition) is 2. The van der Waals surface area contributed by atoms with E-state index in [1.165, 1.54) is 0 Å². The van der Waals surface area contributed by atoms with Crippen LogP contribution < -0.4 is 15.4 Å². The highest BCUT2D eigenvalue weighted by atomic mass is 79.9. The van der Waals surface area contributed by atoms with Crippen LogP contribution in [0.25, 0.3) is 0 Å². The molecule has 1 aliphatic rings. The van der Waals surface area contributed by atoms with E-state index in [2.05, 4.69) is 26.6 Å². The summed E-state index contributed by atoms with van der Waals surface area (Å²) in [6.07, 6.45) is 1.39. The van der Waals surface area contributed by atoms with Crippen LogP contribution >= 0.6 is 28.1 Å². The lowest BCUT2D eigenvalue weighted by Gasteiger charge is -2.36. The van der Waals surface area contributed by atoms with Crippen molar-refractivity contribution in [2.45, 2.75) is 52.2 Å². The number of amides is 2. The fourth-order valence-electron chi connectivity index (χ4n) is 2.98. The number of carbonyl (C=O) groups excluding carboxylic acids is 3. The number of nitrogens with zero attached hydrogens (tertiary/aromatic N) is 1. The van der Waals surface area contributed by atoms with E-state index in [0.717, 1.165) is 12.8 Å². The van der Waals surface area contributed by atoms with Crippen LogP contribution in [-0.4, -0.2) is 59.6 Å². The molecule has 31 heavy (non-hydrogen) atoms. The molecule has 1 saturated heterocycles. The second-order valence-electron chi connectivity index (χ2n) is 7.34. The molecule has 2 amide bonds. The zero-order chi connectivity index (χ0) is 23.0. The molecule has 0 radical (unpaired) electrons. The monoisotopic (exact) mass is 513 g/mol. The van der Waals surface area contributed by atoms with Crippen LogP contribution in [-0.2, 0) is 14.3 Å². The van der Waals surface area contributed by atoms with Crippen molar-refractivity contribution in [3.8, 4) is 5.75 Å². The molecule has 1 aromatic carbocycles. The van der Waals surface area contributed by atoms with E-state index in [0.29, 0.717) is 35.5 Å². The van der Waals surface area contributed by atoms with Crippen molar-refractivity contribution in [2.75, 3.05) is 19.7 Å². The number of nitrogens with one attached hydrogen (secondary N) is 2. The number of benzene rings is 1. The predicted octanol–water partition coefficient (Wildman–Crippen LogP) is 2.78. The average molecular weight is 514 g/mol. The minimum Gasteiger partial charge on any atom is -0.490 e. The van der Waals surface area contributed by atoms with E-state index in [1.807, 2.05) is 20.8 Å². The molecule has 2 N–H and O–H groups in total. The molecule has 0 spiro atoms. The van der Waals surface area contributed by atoms with Gasteiger partial charge in [-0.05, 0) is 50.7 Å². The second-order valence-corrected chi connectivity index (χ2v) is 8.65. The van der Waals surface area contributed by atoms with Crippen LogP contribution in [0.3, 0.4) is 0 Å². The van der Waals surface area contributed by atoms with Crippen LogP contribution in [0.1, 0.15) is 50.4 Å². The van der Waals surface area contributed by atoms with E-state index >= 15 is 0 Å². The van der Waals surface area contributed by atoms with Gasteiger partial charge in [0, 0.05) is 17.6 Å². The van der Waals surface area contributed by atoms with Crippen LogP contribution in [0.2, 0.25) is 0 Å². The summed E-state index contributed by atoms with van der Waals surface area (Å²) in [4.78, 5) is 39.0. The quantitative estimate of drug-likeness (QED) is 0.313. The van der Waals surface area contributed by atoms with E-state index in [1.54, 1.807) is 23.1 Å². The van der Waals surface area contributed by atoms with Gasteiger partial charge in [0.1, 0.15) is 11.8 Å². The Hall–Kier alpha value is -2.20. The van der Waals surface area contributed by atoms with Crippen molar-refractivity contribution in [3.05, 3.63) is 28.2 Å². The lowest BCUT2D eigenvalue weighted by Crippen LogP contribution is -2.60. The highest BCUT2D eigenvalue weighted by Crippen LogP contribution is 2.24. The number of rotatable bonds is 8. The molecule has 170 valence electrons. The summed E-state index contributed by atoms with van der Waals surface area (Å²) in [6.45, 7) is 6.76. The van der Waals surface area contributed by atoms with E-state index < -0.39 is 17.9 Å². The summed E-state index contributed by atoms with van der Waals surface area (Å²) in [5.74, 6) is -0.848. The summed E-state index contributed by atoms with van der Waals surface area (Å²) in [5, 5.41) is 5.47. The van der Waals surface area contributed by atoms with Gasteiger partial charge >= 0.3 is 5.97 Å². The molecule has 10 heteroatoms. The third kappa shape index (κ3) is 7.46. The van der Waals surface area contributed by atoms with Crippen LogP contribution in [0, 0.1) is 0 Å². The molecule has 0 bridgehead atoms. The minimum absolute atomic E-state index is 0.0710. The second kappa shape index (κ2) is 12.0. The van der Waals surface area contributed by atoms with Gasteiger partial charge in [0.25, 0.3) is 5.91 Å². The summed E-state index contributed by atoms with van der Waals surface area (Å²) < 4.78 is 11.6. The van der Waals surface area contributed by atoms with E-state index in [9.17, 15) is 14.4 Å². The molecule has 1 fully saturated rings. The van der Waals surface area contributed by atoms with Crippen LogP contribution in [0.4, 0.5) is 0 Å². The summed E-state index contributed by atoms with van der Waals surface area (Å²) in [6, 6.07) is 4.28. The van der Waals surface area contributed by atoms with Gasteiger partial charge in [0.15, 0.2) is 5.11 Å². The highest BCUT2D eigenvalue weighted by Gasteiger charge is 2.34. The van der Waals surface area contributed by atoms with Gasteiger partial charge in [-0.1, -0.05) is 29.3 Å². The first kappa shape index (κ1) is 25.1. The smallest absolute Gasteiger partial charge is 0.308 e. The first-order valence-corrected chi connectivity index (χ1v) is 11.4. The van der Waals surface area contributed by atoms with Crippen molar-refractivity contribution in [3.63, 3.8) is 0 Å². The van der Waals surface area contributed by atoms with Crippen molar-refractivity contribution in [2.24, 2.45) is 0 Å². The highest BCUT2D eigenvalue weighted by molar-refractivity contribution is 9.10. The number of thiocarbonyl (C=S) groups is 1. The Morgan fingerprint density at radius 2 is 2.13 bits per heavy atom. The number of carbonyl (C=O) groups is 3. The van der Waals surface area contributed by atoms with Gasteiger partial charge < -0.3 is 19.7 Å². The lowest BCUT2D eigenvalue weighted by molar-refractivity contribution is -0.147. The van der Waals surface area contributed by atoms with E-state index in [4.69, 9.17) is 21.7 Å². The number of unbranched alkanes of at least 4 members (excludes halogenated alkanes) is 1. The van der Waals surface area contributed by atoms with Gasteiger partial charge in [0.2, 0.25) is 5.91 Å². The fourth-order valence-corrected chi connectivity index (χ4v) is 3.65. The fraction of sp³-hybridized carbons (Fsp3) is 0.524. The first-order chi connectivity index (χ1) is 14.7. The maximum absolute atomic E-state index is 12.9. The number of esters is 1. The zero-order valence-corrected chi connectivity index (χ0v) is 20.3. The summed E-state index contributed by atoms with van der Waals surface area (Å²) in [5.41, 5.74) is 0.308. The SMILES string of the molecule is CCCCOC(=O)CC1C(=O)NCCN1C(=S)NC(=O)c1cc(Br)ccc1OC(C)C. The Labute approximate surface area is 196 Å². The molecule has 1 heterocycles. The Morgan fingerprint density at radius 1 is 1.39 bits per heavy atom. The Kier molecular flexibility index (Phi) is 9.70. The van der Waals surface area contributed by atoms with Gasteiger partial charge in [-0.3, -0.25) is 19.7 Å². The molecule has 2 rings (SSSR count). The van der Waals surface area contributed by atoms with Gasteiger partial charge in [0.05, 0.1) is 24.7 Å². The van der Waals surface area contributed by atoms with Crippen molar-refractivity contribution in [1.82, 2.24) is 15.5 Å². The Bertz CT molecular complexity index is 833. The molecule has 0 saturated carbocycles. The summed E-state index contributed by atoms with van der Waals surface area (Å²) in [7, 11) is 0. The topological polar surface area (TPSA) is 97.0 Å². The Morgan fingerprint density at radius 3 is 2.81 bits per heavy atom. The number of halogens is 1. The van der Waals surface area contributed by atoms with E-state index in [-0.39, 0.29) is 23.5 Å². The maximum Gasteiger partial charge on any atom is 0.308 e. The zero-order valence-electron chi connectivity index (χ0n) is 17.9. The maximum atomic E-state index is 12.9. The van der Waals surface area contributed by atoms with Gasteiger partial charge in [-0.25, -0.2) is 0 Å². The number of hydrogen-bond acceptors (Lipinski definition) is 6. The summed E-state index contributed by atoms with van der Waals surface area (Å²) >= 11 is 8.77. The largest absolute Gasteiger partial charge is 0.490 e. The molecular weight excluding hydrogens is 486 g/mol. The molecule has 1 unspecified atom stereocenters. The molecule has 8 nitrogen and oxygen atoms in total. The van der Waals surface area contributed by atoms with Gasteiger partial charge in [-0.2, -0.15) is 0 Å². The molecule has 0 aliphatic carbocycles. The van der Waals surface area contributed by atoms with Crippen molar-refractivity contribution < 1.29 is 23.9 Å². The average Bonchev–Trinajstić information content (AvgIpc) is 2.70. The standard InChI is InChI=1S/C21H28BrN3O5S/c1-4-5-10-29-18(26)12-16-20(28)23-8-9-25(16)21(31)24-19(27)15-11-14(22)6-7-17(15)30-13(2)3/h6-7,11,13,16H,4-5,8-10,12H2,1-3H3,(H,23,28)(H,24,27,31). The predicted molar refractivity (Wildman–Crippen MR) is 124 cm³/mol. The third-order valence-corrected chi connectivity index (χ3v) is 5.31. The van der Waals surface area contributed by atoms with Crippen LogP contribution in [0.5, 0.6) is 5.75 Å². The number of piperazine rings is 1. The molecule has 1 aromatic rings. The van der Waals surface area contributed by atoms with Gasteiger partial charge in [-0.15, -0.1) is 0 Å². The first-order valence-electron chi connectivity index (χ1n) is 10.2. The molecular formula is C21H28BrN3O5S. The minimum atomic E-state index is -0.843. The third-order valence-electron chi connectivity index (χ3n) is 4.48. The van der Waals surface area contributed by atoms with Crippen LogP contribution in [0.15, 0.2) is 22.7 Å². The molecule has 1 aliphatic heterocycles. The Balaban J connectivity index is 2.11.